The van der Waals surface area contributed by atoms with Crippen molar-refractivity contribution in [3.63, 3.8) is 0 Å². The fraction of sp³-hybridized carbons (Fsp3) is 0.571. The number of aliphatic hydroxyl groups excluding tert-OH is 1. The molecule has 0 aromatic heterocycles. The Morgan fingerprint density at radius 2 is 2.24 bits per heavy atom. The van der Waals surface area contributed by atoms with Gasteiger partial charge < -0.3 is 5.11 Å². The van der Waals surface area contributed by atoms with Gasteiger partial charge in [-0.25, -0.2) is 4.39 Å². The number of rotatable bonds is 3. The van der Waals surface area contributed by atoms with Crippen LogP contribution in [0.3, 0.4) is 0 Å². The maximum absolute atomic E-state index is 13.6. The fourth-order valence-electron chi connectivity index (χ4n) is 2.82. The summed E-state index contributed by atoms with van der Waals surface area (Å²) in [5.74, 6) is 0.659. The van der Waals surface area contributed by atoms with Crippen LogP contribution in [0.4, 0.5) is 4.39 Å². The summed E-state index contributed by atoms with van der Waals surface area (Å²) in [6, 6.07) is 4.89. The van der Waals surface area contributed by atoms with E-state index in [1.54, 1.807) is 12.1 Å². The summed E-state index contributed by atoms with van der Waals surface area (Å²) in [6.07, 6.45) is 3.43. The molecule has 0 spiro atoms. The average molecular weight is 301 g/mol. The molecular weight excluding hydrogens is 283 g/mol. The Kier molecular flexibility index (Phi) is 4.21. The molecule has 1 N–H and O–H groups in total. The lowest BCUT2D eigenvalue weighted by Crippen LogP contribution is -2.25. The van der Waals surface area contributed by atoms with Gasteiger partial charge in [-0.1, -0.05) is 35.7 Å². The molecule has 0 heterocycles. The molecule has 1 aliphatic rings. The third-order valence-electron chi connectivity index (χ3n) is 3.86. The SMILES string of the molecule is CC1CCCC1C(O)Cc1cc(Br)ccc1F. The van der Waals surface area contributed by atoms with Gasteiger partial charge in [0.2, 0.25) is 0 Å². The largest absolute Gasteiger partial charge is 0.392 e. The third kappa shape index (κ3) is 3.08. The van der Waals surface area contributed by atoms with Crippen molar-refractivity contribution in [2.24, 2.45) is 11.8 Å². The monoisotopic (exact) mass is 300 g/mol. The Hall–Kier alpha value is -0.410. The van der Waals surface area contributed by atoms with Crippen LogP contribution < -0.4 is 0 Å². The first-order chi connectivity index (χ1) is 8.08. The molecule has 3 heteroatoms. The van der Waals surface area contributed by atoms with Crippen molar-refractivity contribution in [2.75, 3.05) is 0 Å². The molecule has 94 valence electrons. The Morgan fingerprint density at radius 3 is 2.88 bits per heavy atom. The minimum Gasteiger partial charge on any atom is -0.392 e. The maximum Gasteiger partial charge on any atom is 0.126 e. The Labute approximate surface area is 110 Å². The molecule has 17 heavy (non-hydrogen) atoms. The summed E-state index contributed by atoms with van der Waals surface area (Å²) in [5.41, 5.74) is 0.603. The molecule has 2 rings (SSSR count). The number of hydrogen-bond donors (Lipinski definition) is 1. The zero-order valence-corrected chi connectivity index (χ0v) is 11.6. The van der Waals surface area contributed by atoms with E-state index in [1.807, 2.05) is 0 Å². The molecule has 0 aliphatic heterocycles. The zero-order chi connectivity index (χ0) is 12.4. The van der Waals surface area contributed by atoms with Crippen molar-refractivity contribution in [1.29, 1.82) is 0 Å². The summed E-state index contributed by atoms with van der Waals surface area (Å²) in [4.78, 5) is 0. The van der Waals surface area contributed by atoms with Crippen LogP contribution in [0.5, 0.6) is 0 Å². The minimum atomic E-state index is -0.420. The van der Waals surface area contributed by atoms with E-state index < -0.39 is 6.10 Å². The first-order valence-corrected chi connectivity index (χ1v) is 6.99. The summed E-state index contributed by atoms with van der Waals surface area (Å²) >= 11 is 3.33. The van der Waals surface area contributed by atoms with Crippen LogP contribution in [0, 0.1) is 17.7 Å². The number of benzene rings is 1. The molecule has 0 amide bonds. The highest BCUT2D eigenvalue weighted by molar-refractivity contribution is 9.10. The second-order valence-corrected chi connectivity index (χ2v) is 5.99. The topological polar surface area (TPSA) is 20.2 Å². The molecule has 1 aliphatic carbocycles. The molecule has 1 nitrogen and oxygen atoms in total. The van der Waals surface area contributed by atoms with Crippen LogP contribution >= 0.6 is 15.9 Å². The first-order valence-electron chi connectivity index (χ1n) is 6.20. The molecule has 0 radical (unpaired) electrons. The summed E-state index contributed by atoms with van der Waals surface area (Å²) in [5, 5.41) is 10.2. The summed E-state index contributed by atoms with van der Waals surface area (Å²) in [6.45, 7) is 2.18. The molecule has 0 saturated heterocycles. The van der Waals surface area contributed by atoms with Gasteiger partial charge in [-0.05, 0) is 42.0 Å². The fourth-order valence-corrected chi connectivity index (χ4v) is 3.23. The summed E-state index contributed by atoms with van der Waals surface area (Å²) in [7, 11) is 0. The highest BCUT2D eigenvalue weighted by Crippen LogP contribution is 2.35. The molecule has 1 fully saturated rings. The maximum atomic E-state index is 13.6. The molecule has 1 aromatic rings. The van der Waals surface area contributed by atoms with Crippen molar-refractivity contribution in [2.45, 2.75) is 38.7 Å². The van der Waals surface area contributed by atoms with E-state index >= 15 is 0 Å². The first kappa shape index (κ1) is 13.0. The lowest BCUT2D eigenvalue weighted by molar-refractivity contribution is 0.0893. The van der Waals surface area contributed by atoms with Crippen molar-refractivity contribution in [3.8, 4) is 0 Å². The number of halogens is 2. The number of hydrogen-bond acceptors (Lipinski definition) is 1. The van der Waals surface area contributed by atoms with E-state index in [2.05, 4.69) is 22.9 Å². The Balaban J connectivity index is 2.07. The lowest BCUT2D eigenvalue weighted by atomic mass is 9.88. The predicted molar refractivity (Wildman–Crippen MR) is 70.3 cm³/mol. The van der Waals surface area contributed by atoms with Gasteiger partial charge in [0, 0.05) is 10.9 Å². The van der Waals surface area contributed by atoms with Crippen LogP contribution in [-0.4, -0.2) is 11.2 Å². The standard InChI is InChI=1S/C14H18BrFO/c1-9-3-2-4-12(9)14(17)8-10-7-11(15)5-6-13(10)16/h5-7,9,12,14,17H,2-4,8H2,1H3. The second kappa shape index (κ2) is 5.49. The third-order valence-corrected chi connectivity index (χ3v) is 4.35. The van der Waals surface area contributed by atoms with E-state index in [0.717, 1.165) is 10.9 Å². The van der Waals surface area contributed by atoms with Crippen molar-refractivity contribution >= 4 is 15.9 Å². The minimum absolute atomic E-state index is 0.224. The van der Waals surface area contributed by atoms with Gasteiger partial charge in [0.15, 0.2) is 0 Å². The van der Waals surface area contributed by atoms with Gasteiger partial charge in [-0.2, -0.15) is 0 Å². The van der Waals surface area contributed by atoms with Gasteiger partial charge in [-0.3, -0.25) is 0 Å². The van der Waals surface area contributed by atoms with E-state index in [1.165, 1.54) is 18.9 Å². The molecule has 1 saturated carbocycles. The zero-order valence-electron chi connectivity index (χ0n) is 10.00. The molecular formula is C14H18BrFO. The molecule has 3 unspecified atom stereocenters. The smallest absolute Gasteiger partial charge is 0.126 e. The van der Waals surface area contributed by atoms with Crippen LogP contribution in [-0.2, 0) is 6.42 Å². The van der Waals surface area contributed by atoms with Crippen molar-refractivity contribution < 1.29 is 9.50 Å². The Bertz CT molecular complexity index is 394. The van der Waals surface area contributed by atoms with Crippen molar-refractivity contribution in [3.05, 3.63) is 34.1 Å². The quantitative estimate of drug-likeness (QED) is 0.897. The van der Waals surface area contributed by atoms with Crippen molar-refractivity contribution in [1.82, 2.24) is 0 Å². The van der Waals surface area contributed by atoms with E-state index in [0.29, 0.717) is 23.8 Å². The second-order valence-electron chi connectivity index (χ2n) is 5.08. The molecule has 3 atom stereocenters. The van der Waals surface area contributed by atoms with E-state index in [4.69, 9.17) is 0 Å². The van der Waals surface area contributed by atoms with Gasteiger partial charge in [-0.15, -0.1) is 0 Å². The van der Waals surface area contributed by atoms with Gasteiger partial charge >= 0.3 is 0 Å². The van der Waals surface area contributed by atoms with Crippen LogP contribution in [0.15, 0.2) is 22.7 Å². The van der Waals surface area contributed by atoms with E-state index in [-0.39, 0.29) is 5.82 Å². The average Bonchev–Trinajstić information content (AvgIpc) is 2.70. The predicted octanol–water partition coefficient (Wildman–Crippen LogP) is 3.93. The van der Waals surface area contributed by atoms with Gasteiger partial charge in [0.25, 0.3) is 0 Å². The highest BCUT2D eigenvalue weighted by Gasteiger charge is 2.30. The lowest BCUT2D eigenvalue weighted by Gasteiger charge is -2.22. The van der Waals surface area contributed by atoms with Crippen LogP contribution in [0.2, 0.25) is 0 Å². The van der Waals surface area contributed by atoms with Crippen LogP contribution in [0.1, 0.15) is 31.7 Å². The number of aliphatic hydroxyl groups is 1. The molecule has 1 aromatic carbocycles. The normalized spacial score (nSPS) is 26.1. The highest BCUT2D eigenvalue weighted by atomic mass is 79.9. The molecule has 0 bridgehead atoms. The van der Waals surface area contributed by atoms with Crippen LogP contribution in [0.25, 0.3) is 0 Å². The van der Waals surface area contributed by atoms with Gasteiger partial charge in [0.05, 0.1) is 6.10 Å². The Morgan fingerprint density at radius 1 is 1.47 bits per heavy atom. The van der Waals surface area contributed by atoms with Gasteiger partial charge in [0.1, 0.15) is 5.82 Å². The van der Waals surface area contributed by atoms with E-state index in [9.17, 15) is 9.50 Å². The summed E-state index contributed by atoms with van der Waals surface area (Å²) < 4.78 is 14.4.